The average Bonchev–Trinajstić information content (AvgIpc) is 2.71. The van der Waals surface area contributed by atoms with Gasteiger partial charge in [-0.05, 0) is 23.2 Å². The molecule has 0 radical (unpaired) electrons. The number of thioether (sulfide) groups is 1. The van der Waals surface area contributed by atoms with Gasteiger partial charge in [-0.15, -0.1) is 0 Å². The van der Waals surface area contributed by atoms with Crippen LogP contribution in [0.5, 0.6) is 0 Å². The fourth-order valence-electron chi connectivity index (χ4n) is 2.74. The van der Waals surface area contributed by atoms with Crippen LogP contribution in [0.25, 0.3) is 0 Å². The molecule has 2 aliphatic rings. The fourth-order valence-corrected chi connectivity index (χ4v) is 3.87. The van der Waals surface area contributed by atoms with E-state index in [1.807, 2.05) is 0 Å². The van der Waals surface area contributed by atoms with E-state index in [9.17, 15) is 0 Å². The number of amidine groups is 1. The Hall–Kier alpha value is -0.440. The maximum absolute atomic E-state index is 4.94. The molecule has 0 bridgehead atoms. The van der Waals surface area contributed by atoms with Crippen molar-refractivity contribution in [2.75, 3.05) is 0 Å². The van der Waals surface area contributed by atoms with Crippen LogP contribution in [-0.2, 0) is 0 Å². The summed E-state index contributed by atoms with van der Waals surface area (Å²) in [4.78, 5) is 7.44. The Morgan fingerprint density at radius 3 is 2.24 bits per heavy atom. The Morgan fingerprint density at radius 2 is 1.76 bits per heavy atom. The minimum absolute atomic E-state index is 0.458. The Kier molecular flexibility index (Phi) is 3.58. The highest BCUT2D eigenvalue weighted by molar-refractivity contribution is 8.16. The van der Waals surface area contributed by atoms with Crippen LogP contribution in [0.2, 0.25) is 0 Å². The molecule has 0 spiro atoms. The first-order valence-electron chi connectivity index (χ1n) is 6.67. The van der Waals surface area contributed by atoms with Crippen molar-refractivity contribution in [3.05, 3.63) is 11.1 Å². The molecule has 17 heavy (non-hydrogen) atoms. The van der Waals surface area contributed by atoms with Crippen LogP contribution < -0.4 is 0 Å². The van der Waals surface area contributed by atoms with Gasteiger partial charge in [-0.1, -0.05) is 53.3 Å². The number of allylic oxidation sites excluding steroid dienone is 1. The van der Waals surface area contributed by atoms with Crippen molar-refractivity contribution < 1.29 is 0 Å². The topological polar surface area (TPSA) is 15.6 Å². The molecule has 2 rings (SSSR count). The zero-order valence-corrected chi connectivity index (χ0v) is 12.6. The fraction of sp³-hybridized carbons (Fsp3) is 0.786. The van der Waals surface area contributed by atoms with E-state index in [0.717, 1.165) is 0 Å². The summed E-state index contributed by atoms with van der Waals surface area (Å²) in [5, 5.41) is 3.52. The number of fused-ring (bicyclic) bond motifs is 1. The third-order valence-corrected chi connectivity index (χ3v) is 4.51. The summed E-state index contributed by atoms with van der Waals surface area (Å²) in [6, 6.07) is 1.01. The van der Waals surface area contributed by atoms with Gasteiger partial charge in [0.25, 0.3) is 0 Å². The quantitative estimate of drug-likeness (QED) is 0.756. The van der Waals surface area contributed by atoms with Crippen LogP contribution >= 0.6 is 11.8 Å². The Bertz CT molecular complexity index is 355. The van der Waals surface area contributed by atoms with E-state index >= 15 is 0 Å². The van der Waals surface area contributed by atoms with Gasteiger partial charge < -0.3 is 4.90 Å². The van der Waals surface area contributed by atoms with E-state index in [1.54, 1.807) is 11.8 Å². The normalized spacial score (nSPS) is 28.2. The number of nitrogens with zero attached hydrogens (tertiary/aromatic N) is 2. The Balaban J connectivity index is 2.30. The number of hydrogen-bond donors (Lipinski definition) is 0. The molecule has 0 amide bonds. The lowest BCUT2D eigenvalue weighted by Gasteiger charge is -2.34. The Labute approximate surface area is 110 Å². The summed E-state index contributed by atoms with van der Waals surface area (Å²) in [7, 11) is 0. The van der Waals surface area contributed by atoms with Crippen LogP contribution in [0.1, 0.15) is 41.5 Å². The van der Waals surface area contributed by atoms with Crippen molar-refractivity contribution in [1.29, 1.82) is 0 Å². The lowest BCUT2D eigenvalue weighted by atomic mass is 9.88. The summed E-state index contributed by atoms with van der Waals surface area (Å²) in [6.07, 6.45) is 0. The highest BCUT2D eigenvalue weighted by Crippen LogP contribution is 2.42. The maximum Gasteiger partial charge on any atom is 0.168 e. The molecule has 96 valence electrons. The van der Waals surface area contributed by atoms with E-state index in [4.69, 9.17) is 4.99 Å². The van der Waals surface area contributed by atoms with Crippen molar-refractivity contribution in [3.8, 4) is 0 Å². The average molecular weight is 252 g/mol. The van der Waals surface area contributed by atoms with Crippen LogP contribution in [0, 0.1) is 17.8 Å². The van der Waals surface area contributed by atoms with Crippen LogP contribution in [0.3, 0.4) is 0 Å². The van der Waals surface area contributed by atoms with Crippen LogP contribution in [0.4, 0.5) is 0 Å². The van der Waals surface area contributed by atoms with E-state index in [0.29, 0.717) is 29.8 Å². The second kappa shape index (κ2) is 4.68. The molecule has 2 nitrogen and oxygen atoms in total. The Morgan fingerprint density at radius 1 is 1.12 bits per heavy atom. The third-order valence-electron chi connectivity index (χ3n) is 3.63. The molecule has 0 N–H and O–H groups in total. The molecule has 2 heterocycles. The summed E-state index contributed by atoms with van der Waals surface area (Å²) in [6.45, 7) is 13.8. The van der Waals surface area contributed by atoms with Gasteiger partial charge in [0.2, 0.25) is 0 Å². The van der Waals surface area contributed by atoms with Crippen molar-refractivity contribution >= 4 is 16.9 Å². The highest BCUT2D eigenvalue weighted by atomic mass is 32.2. The summed E-state index contributed by atoms with van der Waals surface area (Å²) in [5.41, 5.74) is 1.45. The van der Waals surface area contributed by atoms with Crippen molar-refractivity contribution in [1.82, 2.24) is 4.90 Å². The molecule has 0 aromatic rings. The zero-order valence-electron chi connectivity index (χ0n) is 11.8. The maximum atomic E-state index is 4.94. The van der Waals surface area contributed by atoms with Crippen molar-refractivity contribution in [3.63, 3.8) is 0 Å². The molecule has 0 aromatic carbocycles. The highest BCUT2D eigenvalue weighted by Gasteiger charge is 2.43. The predicted molar refractivity (Wildman–Crippen MR) is 77.0 cm³/mol. The lowest BCUT2D eigenvalue weighted by Crippen LogP contribution is -2.43. The van der Waals surface area contributed by atoms with Gasteiger partial charge >= 0.3 is 0 Å². The lowest BCUT2D eigenvalue weighted by molar-refractivity contribution is 0.239. The molecule has 0 aliphatic carbocycles. The molecule has 0 saturated heterocycles. The molecular formula is C14H24N2S. The van der Waals surface area contributed by atoms with Gasteiger partial charge in [-0.25, -0.2) is 0 Å². The monoisotopic (exact) mass is 252 g/mol. The summed E-state index contributed by atoms with van der Waals surface area (Å²) in [5.74, 6) is 1.85. The summed E-state index contributed by atoms with van der Waals surface area (Å²) < 4.78 is 0. The molecule has 0 fully saturated rings. The van der Waals surface area contributed by atoms with Gasteiger partial charge in [-0.2, -0.15) is 0 Å². The molecule has 0 saturated carbocycles. The van der Waals surface area contributed by atoms with E-state index < -0.39 is 0 Å². The van der Waals surface area contributed by atoms with Gasteiger partial charge in [-0.3, -0.25) is 4.99 Å². The van der Waals surface area contributed by atoms with E-state index in [-0.39, 0.29) is 0 Å². The second-order valence-electron chi connectivity index (χ2n) is 6.07. The largest absolute Gasteiger partial charge is 0.318 e. The van der Waals surface area contributed by atoms with Crippen molar-refractivity contribution in [2.45, 2.75) is 53.6 Å². The van der Waals surface area contributed by atoms with Crippen LogP contribution in [0.15, 0.2) is 16.1 Å². The molecular weight excluding hydrogens is 228 g/mol. The minimum Gasteiger partial charge on any atom is -0.318 e. The summed E-state index contributed by atoms with van der Waals surface area (Å²) >= 11 is 1.81. The van der Waals surface area contributed by atoms with Crippen LogP contribution in [-0.4, -0.2) is 22.2 Å². The first-order valence-corrected chi connectivity index (χ1v) is 7.55. The SMILES string of the molecule is CC(C)C1=CSC2=NC(C(C)C)C(C(C)C)N12. The number of rotatable bonds is 3. The zero-order chi connectivity index (χ0) is 12.7. The van der Waals surface area contributed by atoms with E-state index in [1.165, 1.54) is 10.9 Å². The van der Waals surface area contributed by atoms with Gasteiger partial charge in [0.1, 0.15) is 0 Å². The van der Waals surface area contributed by atoms with Gasteiger partial charge in [0.15, 0.2) is 5.17 Å². The molecule has 0 aromatic heterocycles. The van der Waals surface area contributed by atoms with Crippen molar-refractivity contribution in [2.24, 2.45) is 22.7 Å². The molecule has 2 aliphatic heterocycles. The molecule has 2 atom stereocenters. The number of hydrogen-bond acceptors (Lipinski definition) is 3. The second-order valence-corrected chi connectivity index (χ2v) is 6.90. The first-order chi connectivity index (χ1) is 7.93. The predicted octanol–water partition coefficient (Wildman–Crippen LogP) is 3.95. The number of aliphatic imine (C=N–C) groups is 1. The third kappa shape index (κ3) is 2.14. The smallest absolute Gasteiger partial charge is 0.168 e. The van der Waals surface area contributed by atoms with Gasteiger partial charge in [0, 0.05) is 5.70 Å². The molecule has 2 unspecified atom stereocenters. The first kappa shape index (κ1) is 13.0. The van der Waals surface area contributed by atoms with E-state index in [2.05, 4.69) is 51.9 Å². The minimum atomic E-state index is 0.458. The standard InChI is InChI=1S/C14H24N2S/c1-8(2)11-7-17-14-15-12(9(3)4)13(10(5)6)16(11)14/h7-10,12-13H,1-6H3. The molecule has 3 heteroatoms. The van der Waals surface area contributed by atoms with Gasteiger partial charge in [0.05, 0.1) is 12.1 Å².